The molecule has 0 saturated carbocycles. The van der Waals surface area contributed by atoms with Crippen molar-refractivity contribution < 1.29 is 14.6 Å². The molecule has 1 aliphatic rings. The molecule has 1 heterocycles. The zero-order chi connectivity index (χ0) is 14.1. The van der Waals surface area contributed by atoms with E-state index in [1.54, 1.807) is 0 Å². The molecule has 0 aliphatic carbocycles. The number of carbonyl (C=O) groups is 1. The second kappa shape index (κ2) is 9.35. The quantitative estimate of drug-likeness (QED) is 0.426. The van der Waals surface area contributed by atoms with Gasteiger partial charge in [0.1, 0.15) is 0 Å². The minimum absolute atomic E-state index is 0.140. The molecule has 3 atom stereocenters. The average Bonchev–Trinajstić information content (AvgIpc) is 3.18. The molecule has 1 saturated heterocycles. The summed E-state index contributed by atoms with van der Waals surface area (Å²) in [5.74, 6) is -0.425. The highest BCUT2D eigenvalue weighted by atomic mass is 16.6. The molecular weight excluding hydrogens is 240 g/mol. The summed E-state index contributed by atoms with van der Waals surface area (Å²) in [7, 11) is 0. The number of carboxylic acids is 1. The summed E-state index contributed by atoms with van der Waals surface area (Å²) in [6.07, 6.45) is 10.6. The van der Waals surface area contributed by atoms with Crippen LogP contribution in [0.1, 0.15) is 71.6 Å². The normalized spacial score (nSPS) is 21.1. The monoisotopic (exact) mass is 270 g/mol. The van der Waals surface area contributed by atoms with E-state index in [0.717, 1.165) is 45.1 Å². The molecule has 0 amide bonds. The molecular formula is C16H30O3. The number of unbranched alkanes of at least 4 members (excludes halogenated alkanes) is 4. The lowest BCUT2D eigenvalue weighted by Crippen LogP contribution is -2.21. The van der Waals surface area contributed by atoms with Gasteiger partial charge < -0.3 is 9.84 Å². The molecule has 1 N–H and O–H groups in total. The molecule has 3 unspecified atom stereocenters. The molecule has 0 spiro atoms. The number of rotatable bonds is 12. The molecule has 0 aromatic rings. The molecule has 112 valence electrons. The van der Waals surface area contributed by atoms with Crippen LogP contribution in [0.25, 0.3) is 0 Å². The van der Waals surface area contributed by atoms with Crippen molar-refractivity contribution in [2.45, 2.75) is 77.7 Å². The van der Waals surface area contributed by atoms with Crippen molar-refractivity contribution >= 4 is 5.97 Å². The van der Waals surface area contributed by atoms with E-state index in [0.29, 0.717) is 12.0 Å². The average molecular weight is 270 g/mol. The number of hydrogen-bond donors (Lipinski definition) is 1. The SMILES string of the molecule is CCCCC(C)C(CCCCCCC1CO1)C(=O)O. The van der Waals surface area contributed by atoms with Crippen LogP contribution >= 0.6 is 0 Å². The smallest absolute Gasteiger partial charge is 0.306 e. The highest BCUT2D eigenvalue weighted by molar-refractivity contribution is 5.70. The van der Waals surface area contributed by atoms with Gasteiger partial charge in [-0.3, -0.25) is 4.79 Å². The van der Waals surface area contributed by atoms with E-state index >= 15 is 0 Å². The van der Waals surface area contributed by atoms with Crippen LogP contribution in [-0.2, 0) is 9.53 Å². The van der Waals surface area contributed by atoms with E-state index < -0.39 is 5.97 Å². The Morgan fingerprint density at radius 2 is 1.89 bits per heavy atom. The number of aliphatic carboxylic acids is 1. The third-order valence-corrected chi connectivity index (χ3v) is 4.21. The maximum atomic E-state index is 11.3. The van der Waals surface area contributed by atoms with Crippen molar-refractivity contribution in [3.63, 3.8) is 0 Å². The predicted octanol–water partition coefficient (Wildman–Crippen LogP) is 4.25. The Morgan fingerprint density at radius 1 is 1.21 bits per heavy atom. The summed E-state index contributed by atoms with van der Waals surface area (Å²) in [5.41, 5.74) is 0. The van der Waals surface area contributed by atoms with Gasteiger partial charge in [0.15, 0.2) is 0 Å². The van der Waals surface area contributed by atoms with Crippen LogP contribution in [0, 0.1) is 11.8 Å². The maximum Gasteiger partial charge on any atom is 0.306 e. The summed E-state index contributed by atoms with van der Waals surface area (Å²) >= 11 is 0. The molecule has 19 heavy (non-hydrogen) atoms. The molecule has 1 fully saturated rings. The topological polar surface area (TPSA) is 49.8 Å². The first-order chi connectivity index (χ1) is 9.15. The first-order valence-electron chi connectivity index (χ1n) is 7.99. The van der Waals surface area contributed by atoms with Crippen LogP contribution in [0.4, 0.5) is 0 Å². The highest BCUT2D eigenvalue weighted by Crippen LogP contribution is 2.25. The maximum absolute atomic E-state index is 11.3. The fourth-order valence-electron chi connectivity index (χ4n) is 2.70. The van der Waals surface area contributed by atoms with Crippen molar-refractivity contribution in [1.29, 1.82) is 0 Å². The van der Waals surface area contributed by atoms with Gasteiger partial charge in [-0.15, -0.1) is 0 Å². The number of hydrogen-bond acceptors (Lipinski definition) is 2. The van der Waals surface area contributed by atoms with Gasteiger partial charge in [-0.2, -0.15) is 0 Å². The van der Waals surface area contributed by atoms with Crippen molar-refractivity contribution in [1.82, 2.24) is 0 Å². The van der Waals surface area contributed by atoms with Gasteiger partial charge in [-0.1, -0.05) is 52.4 Å². The van der Waals surface area contributed by atoms with E-state index in [2.05, 4.69) is 13.8 Å². The number of ether oxygens (including phenoxy) is 1. The van der Waals surface area contributed by atoms with E-state index in [-0.39, 0.29) is 5.92 Å². The standard InChI is InChI=1S/C16H30O3/c1-3-4-9-13(2)15(16(17)18)11-8-6-5-7-10-14-12-19-14/h13-15H,3-12H2,1-2H3,(H,17,18). The Bertz CT molecular complexity index is 248. The Balaban J connectivity index is 2.08. The molecule has 3 nitrogen and oxygen atoms in total. The Hall–Kier alpha value is -0.570. The van der Waals surface area contributed by atoms with Gasteiger partial charge in [0.2, 0.25) is 0 Å². The molecule has 0 radical (unpaired) electrons. The lowest BCUT2D eigenvalue weighted by molar-refractivity contribution is -0.143. The Kier molecular flexibility index (Phi) is 8.11. The fraction of sp³-hybridized carbons (Fsp3) is 0.938. The molecule has 0 bridgehead atoms. The number of epoxide rings is 1. The predicted molar refractivity (Wildman–Crippen MR) is 77.3 cm³/mol. The zero-order valence-electron chi connectivity index (χ0n) is 12.6. The summed E-state index contributed by atoms with van der Waals surface area (Å²) in [6, 6.07) is 0. The first-order valence-corrected chi connectivity index (χ1v) is 7.99. The molecule has 0 aromatic carbocycles. The Morgan fingerprint density at radius 3 is 2.47 bits per heavy atom. The van der Waals surface area contributed by atoms with Crippen molar-refractivity contribution in [3.8, 4) is 0 Å². The summed E-state index contributed by atoms with van der Waals surface area (Å²) in [6.45, 7) is 5.21. The van der Waals surface area contributed by atoms with Gasteiger partial charge in [-0.25, -0.2) is 0 Å². The zero-order valence-corrected chi connectivity index (χ0v) is 12.6. The molecule has 3 heteroatoms. The third kappa shape index (κ3) is 7.56. The van der Waals surface area contributed by atoms with Crippen molar-refractivity contribution in [2.24, 2.45) is 11.8 Å². The van der Waals surface area contributed by atoms with Crippen LogP contribution in [0.15, 0.2) is 0 Å². The van der Waals surface area contributed by atoms with E-state index in [1.807, 2.05) is 0 Å². The Labute approximate surface area is 117 Å². The lowest BCUT2D eigenvalue weighted by atomic mass is 9.85. The van der Waals surface area contributed by atoms with Crippen LogP contribution in [0.2, 0.25) is 0 Å². The van der Waals surface area contributed by atoms with Gasteiger partial charge in [-0.05, 0) is 25.2 Å². The lowest BCUT2D eigenvalue weighted by Gasteiger charge is -2.19. The van der Waals surface area contributed by atoms with Gasteiger partial charge in [0, 0.05) is 0 Å². The van der Waals surface area contributed by atoms with E-state index in [9.17, 15) is 9.90 Å². The van der Waals surface area contributed by atoms with Crippen LogP contribution in [0.5, 0.6) is 0 Å². The van der Waals surface area contributed by atoms with Crippen LogP contribution in [-0.4, -0.2) is 23.8 Å². The summed E-state index contributed by atoms with van der Waals surface area (Å²) in [4.78, 5) is 11.3. The first kappa shape index (κ1) is 16.5. The fourth-order valence-corrected chi connectivity index (χ4v) is 2.70. The van der Waals surface area contributed by atoms with Crippen molar-refractivity contribution in [2.75, 3.05) is 6.61 Å². The van der Waals surface area contributed by atoms with Crippen LogP contribution in [0.3, 0.4) is 0 Å². The third-order valence-electron chi connectivity index (χ3n) is 4.21. The van der Waals surface area contributed by atoms with E-state index in [4.69, 9.17) is 4.74 Å². The minimum atomic E-state index is -0.602. The highest BCUT2D eigenvalue weighted by Gasteiger charge is 2.24. The van der Waals surface area contributed by atoms with Gasteiger partial charge in [0.25, 0.3) is 0 Å². The second-order valence-corrected chi connectivity index (χ2v) is 6.01. The minimum Gasteiger partial charge on any atom is -0.481 e. The summed E-state index contributed by atoms with van der Waals surface area (Å²) < 4.78 is 5.18. The van der Waals surface area contributed by atoms with Crippen molar-refractivity contribution in [3.05, 3.63) is 0 Å². The van der Waals surface area contributed by atoms with Gasteiger partial charge in [0.05, 0.1) is 18.6 Å². The van der Waals surface area contributed by atoms with E-state index in [1.165, 1.54) is 19.3 Å². The van der Waals surface area contributed by atoms with Gasteiger partial charge >= 0.3 is 5.97 Å². The molecule has 1 aliphatic heterocycles. The van der Waals surface area contributed by atoms with Crippen LogP contribution < -0.4 is 0 Å². The second-order valence-electron chi connectivity index (χ2n) is 6.01. The molecule has 1 rings (SSSR count). The molecule has 0 aromatic heterocycles. The summed E-state index contributed by atoms with van der Waals surface area (Å²) in [5, 5.41) is 9.31. The number of carboxylic acid groups (broad SMARTS) is 1. The largest absolute Gasteiger partial charge is 0.481 e.